The molecular formula is C15H28N2O3. The van der Waals surface area contributed by atoms with Crippen LogP contribution in [0.5, 0.6) is 0 Å². The van der Waals surface area contributed by atoms with Gasteiger partial charge in [-0.3, -0.25) is 9.59 Å². The number of nitrogens with zero attached hydrogens (tertiary/aromatic N) is 1. The Bertz CT molecular complexity index is 331. The fraction of sp³-hybridized carbons (Fsp3) is 0.867. The Morgan fingerprint density at radius 1 is 1.30 bits per heavy atom. The molecule has 5 heteroatoms. The van der Waals surface area contributed by atoms with E-state index in [1.54, 1.807) is 4.90 Å². The smallest absolute Gasteiger partial charge is 0.325 e. The highest BCUT2D eigenvalue weighted by Gasteiger charge is 2.42. The first-order valence-corrected chi connectivity index (χ1v) is 7.55. The van der Waals surface area contributed by atoms with Crippen molar-refractivity contribution in [1.82, 2.24) is 10.2 Å². The molecule has 116 valence electrons. The van der Waals surface area contributed by atoms with E-state index in [1.807, 2.05) is 13.8 Å². The summed E-state index contributed by atoms with van der Waals surface area (Å²) in [5.74, 6) is -0.242. The van der Waals surface area contributed by atoms with Gasteiger partial charge < -0.3 is 15.0 Å². The molecule has 1 fully saturated rings. The molecule has 0 aromatic carbocycles. The number of hydrogen-bond donors (Lipinski definition) is 1. The summed E-state index contributed by atoms with van der Waals surface area (Å²) in [6.07, 6.45) is 3.57. The van der Waals surface area contributed by atoms with Gasteiger partial charge in [0.1, 0.15) is 6.54 Å². The Labute approximate surface area is 122 Å². The minimum Gasteiger partial charge on any atom is -0.468 e. The van der Waals surface area contributed by atoms with Gasteiger partial charge in [-0.05, 0) is 46.2 Å². The van der Waals surface area contributed by atoms with E-state index in [1.165, 1.54) is 7.11 Å². The normalized spacial score (nSPS) is 17.9. The topological polar surface area (TPSA) is 58.6 Å². The number of nitrogens with one attached hydrogen (secondary N) is 1. The molecule has 0 aromatic heterocycles. The Morgan fingerprint density at radius 3 is 2.35 bits per heavy atom. The number of esters is 1. The highest BCUT2D eigenvalue weighted by atomic mass is 16.5. The van der Waals surface area contributed by atoms with Crippen molar-refractivity contribution >= 4 is 11.9 Å². The summed E-state index contributed by atoms with van der Waals surface area (Å²) in [7, 11) is 1.36. The predicted octanol–water partition coefficient (Wildman–Crippen LogP) is 1.57. The van der Waals surface area contributed by atoms with Crippen LogP contribution in [0.1, 0.15) is 46.5 Å². The molecule has 0 atom stereocenters. The molecule has 1 heterocycles. The lowest BCUT2D eigenvalue weighted by molar-refractivity contribution is -0.154. The zero-order chi connectivity index (χ0) is 15.2. The van der Waals surface area contributed by atoms with Gasteiger partial charge in [-0.15, -0.1) is 0 Å². The second kappa shape index (κ2) is 7.62. The Balaban J connectivity index is 2.91. The molecule has 0 aliphatic carbocycles. The highest BCUT2D eigenvalue weighted by molar-refractivity contribution is 5.86. The minimum atomic E-state index is -0.354. The third kappa shape index (κ3) is 3.95. The van der Waals surface area contributed by atoms with Gasteiger partial charge in [-0.1, -0.05) is 13.3 Å². The monoisotopic (exact) mass is 284 g/mol. The quantitative estimate of drug-likeness (QED) is 0.752. The van der Waals surface area contributed by atoms with E-state index >= 15 is 0 Å². The second-order valence-electron chi connectivity index (χ2n) is 5.88. The summed E-state index contributed by atoms with van der Waals surface area (Å²) in [6.45, 7) is 7.79. The van der Waals surface area contributed by atoms with Crippen LogP contribution in [0, 0.1) is 5.41 Å². The zero-order valence-corrected chi connectivity index (χ0v) is 13.2. The van der Waals surface area contributed by atoms with Crippen LogP contribution in [-0.2, 0) is 14.3 Å². The maximum absolute atomic E-state index is 13.0. The summed E-state index contributed by atoms with van der Waals surface area (Å²) in [4.78, 5) is 26.2. The fourth-order valence-corrected chi connectivity index (χ4v) is 2.95. The van der Waals surface area contributed by atoms with Crippen molar-refractivity contribution in [3.05, 3.63) is 0 Å². The fourth-order valence-electron chi connectivity index (χ4n) is 2.95. The van der Waals surface area contributed by atoms with Gasteiger partial charge in [0.25, 0.3) is 0 Å². The standard InChI is InChI=1S/C15H28N2O3/c1-5-6-15(7-9-16-10-8-15)14(19)17(12(2)3)11-13(18)20-4/h12,16H,5-11H2,1-4H3. The van der Waals surface area contributed by atoms with E-state index in [-0.39, 0.29) is 29.9 Å². The van der Waals surface area contributed by atoms with Gasteiger partial charge in [0.05, 0.1) is 12.5 Å². The molecule has 0 unspecified atom stereocenters. The number of carbonyl (C=O) groups excluding carboxylic acids is 2. The Hall–Kier alpha value is -1.10. The summed E-state index contributed by atoms with van der Waals surface area (Å²) in [5, 5.41) is 3.31. The van der Waals surface area contributed by atoms with Crippen molar-refractivity contribution in [3.63, 3.8) is 0 Å². The number of carbonyl (C=O) groups is 2. The lowest BCUT2D eigenvalue weighted by Gasteiger charge is -2.41. The molecule has 0 saturated carbocycles. The van der Waals surface area contributed by atoms with Gasteiger partial charge in [0.2, 0.25) is 5.91 Å². The Kier molecular flexibility index (Phi) is 6.46. The molecule has 0 aromatic rings. The summed E-state index contributed by atoms with van der Waals surface area (Å²) >= 11 is 0. The average Bonchev–Trinajstić information content (AvgIpc) is 2.44. The van der Waals surface area contributed by atoms with Crippen molar-refractivity contribution in [1.29, 1.82) is 0 Å². The van der Waals surface area contributed by atoms with E-state index in [2.05, 4.69) is 12.2 Å². The van der Waals surface area contributed by atoms with Crippen molar-refractivity contribution in [2.45, 2.75) is 52.5 Å². The zero-order valence-electron chi connectivity index (χ0n) is 13.2. The van der Waals surface area contributed by atoms with E-state index in [9.17, 15) is 9.59 Å². The number of amides is 1. The largest absolute Gasteiger partial charge is 0.468 e. The van der Waals surface area contributed by atoms with Gasteiger partial charge >= 0.3 is 5.97 Å². The molecule has 20 heavy (non-hydrogen) atoms. The SMILES string of the molecule is CCCC1(C(=O)N(CC(=O)OC)C(C)C)CCNCC1. The summed E-state index contributed by atoms with van der Waals surface area (Å²) in [6, 6.07) is 0.00483. The van der Waals surface area contributed by atoms with Gasteiger partial charge in [0.15, 0.2) is 0 Å². The first-order valence-electron chi connectivity index (χ1n) is 7.55. The van der Waals surface area contributed by atoms with Gasteiger partial charge in [-0.2, -0.15) is 0 Å². The minimum absolute atomic E-state index is 0.00483. The molecule has 1 saturated heterocycles. The highest BCUT2D eigenvalue weighted by Crippen LogP contribution is 2.36. The molecule has 1 N–H and O–H groups in total. The van der Waals surface area contributed by atoms with Crippen molar-refractivity contribution in [3.8, 4) is 0 Å². The molecule has 1 aliphatic rings. The molecule has 0 bridgehead atoms. The summed E-state index contributed by atoms with van der Waals surface area (Å²) in [5.41, 5.74) is -0.307. The van der Waals surface area contributed by atoms with E-state index in [0.29, 0.717) is 0 Å². The molecule has 0 spiro atoms. The van der Waals surface area contributed by atoms with Crippen LogP contribution < -0.4 is 5.32 Å². The molecule has 0 radical (unpaired) electrons. The Morgan fingerprint density at radius 2 is 1.90 bits per heavy atom. The van der Waals surface area contributed by atoms with Crippen molar-refractivity contribution < 1.29 is 14.3 Å². The average molecular weight is 284 g/mol. The maximum atomic E-state index is 13.0. The first-order chi connectivity index (χ1) is 9.46. The van der Waals surface area contributed by atoms with Crippen LogP contribution in [0.25, 0.3) is 0 Å². The van der Waals surface area contributed by atoms with Crippen LogP contribution in [0.2, 0.25) is 0 Å². The molecule has 5 nitrogen and oxygen atoms in total. The number of rotatable bonds is 6. The third-order valence-electron chi connectivity index (χ3n) is 4.15. The third-order valence-corrected chi connectivity index (χ3v) is 4.15. The second-order valence-corrected chi connectivity index (χ2v) is 5.88. The first kappa shape index (κ1) is 17.0. The van der Waals surface area contributed by atoms with E-state index < -0.39 is 0 Å². The van der Waals surface area contributed by atoms with Crippen LogP contribution in [-0.4, -0.2) is 49.6 Å². The number of piperidine rings is 1. The van der Waals surface area contributed by atoms with Crippen LogP contribution >= 0.6 is 0 Å². The summed E-state index contributed by atoms with van der Waals surface area (Å²) < 4.78 is 4.72. The molecular weight excluding hydrogens is 256 g/mol. The number of ether oxygens (including phenoxy) is 1. The lowest BCUT2D eigenvalue weighted by Crippen LogP contribution is -2.52. The number of methoxy groups -OCH3 is 1. The van der Waals surface area contributed by atoms with Gasteiger partial charge in [0, 0.05) is 6.04 Å². The van der Waals surface area contributed by atoms with E-state index in [4.69, 9.17) is 4.74 Å². The predicted molar refractivity (Wildman–Crippen MR) is 78.3 cm³/mol. The molecule has 1 rings (SSSR count). The van der Waals surface area contributed by atoms with E-state index in [0.717, 1.165) is 38.8 Å². The maximum Gasteiger partial charge on any atom is 0.325 e. The van der Waals surface area contributed by atoms with Crippen molar-refractivity contribution in [2.75, 3.05) is 26.7 Å². The van der Waals surface area contributed by atoms with Crippen LogP contribution in [0.15, 0.2) is 0 Å². The molecule has 1 aliphatic heterocycles. The number of hydrogen-bond acceptors (Lipinski definition) is 4. The van der Waals surface area contributed by atoms with Crippen molar-refractivity contribution in [2.24, 2.45) is 5.41 Å². The van der Waals surface area contributed by atoms with Crippen LogP contribution in [0.3, 0.4) is 0 Å². The molecule has 1 amide bonds. The lowest BCUT2D eigenvalue weighted by atomic mass is 9.74. The van der Waals surface area contributed by atoms with Crippen LogP contribution in [0.4, 0.5) is 0 Å². The van der Waals surface area contributed by atoms with Gasteiger partial charge in [-0.25, -0.2) is 0 Å².